The summed E-state index contributed by atoms with van der Waals surface area (Å²) in [4.78, 5) is 23.7. The molecular weight excluding hydrogens is 354 g/mol. The number of rotatable bonds is 4. The summed E-state index contributed by atoms with van der Waals surface area (Å²) in [6, 6.07) is 5.04. The number of aromatic nitrogens is 2. The van der Waals surface area contributed by atoms with E-state index in [1.807, 2.05) is 6.20 Å². The Bertz CT molecular complexity index is 865. The molecule has 3 heterocycles. The molecule has 0 radical (unpaired) electrons. The zero-order chi connectivity index (χ0) is 18.3. The lowest BCUT2D eigenvalue weighted by Gasteiger charge is -2.47. The molecule has 2 aromatic rings. The van der Waals surface area contributed by atoms with E-state index >= 15 is 0 Å². The van der Waals surface area contributed by atoms with Crippen molar-refractivity contribution in [2.24, 2.45) is 0 Å². The van der Waals surface area contributed by atoms with Crippen LogP contribution >= 0.6 is 11.6 Å². The first kappa shape index (κ1) is 17.2. The van der Waals surface area contributed by atoms with Gasteiger partial charge in [0.15, 0.2) is 0 Å². The number of likely N-dealkylation sites (tertiary alicyclic amines) is 1. The maximum absolute atomic E-state index is 12.9. The lowest BCUT2D eigenvalue weighted by atomic mass is 9.87. The van der Waals surface area contributed by atoms with E-state index in [9.17, 15) is 4.79 Å². The number of benzene rings is 1. The van der Waals surface area contributed by atoms with Gasteiger partial charge in [-0.1, -0.05) is 18.5 Å². The number of carbonyl (C=O) groups is 1. The molecule has 4 rings (SSSR count). The first-order chi connectivity index (χ1) is 12.6. The van der Waals surface area contributed by atoms with Crippen LogP contribution in [0.3, 0.4) is 0 Å². The number of amides is 1. The second-order valence-electron chi connectivity index (χ2n) is 6.69. The van der Waals surface area contributed by atoms with Crippen molar-refractivity contribution in [3.05, 3.63) is 52.1 Å². The fraction of sp³-hybridized carbons (Fsp3) is 0.421. The largest absolute Gasteiger partial charge is 0.496 e. The molecule has 2 aliphatic rings. The smallest absolute Gasteiger partial charge is 0.257 e. The number of nitrogens with zero attached hydrogens (tertiary/aromatic N) is 3. The minimum atomic E-state index is -0.485. The molecule has 2 aliphatic heterocycles. The van der Waals surface area contributed by atoms with E-state index in [4.69, 9.17) is 21.1 Å². The first-order valence-electron chi connectivity index (χ1n) is 8.68. The number of fused-ring (bicyclic) bond motifs is 2. The van der Waals surface area contributed by atoms with Crippen LogP contribution in [0, 0.1) is 0 Å². The number of aryl methyl sites for hydroxylation is 1. The third kappa shape index (κ3) is 2.73. The summed E-state index contributed by atoms with van der Waals surface area (Å²) in [6.07, 6.45) is 3.73. The predicted octanol–water partition coefficient (Wildman–Crippen LogP) is 2.97. The fourth-order valence-electron chi connectivity index (χ4n) is 3.57. The van der Waals surface area contributed by atoms with Gasteiger partial charge < -0.3 is 14.4 Å². The first-order valence-corrected chi connectivity index (χ1v) is 9.06. The van der Waals surface area contributed by atoms with Gasteiger partial charge in [-0.25, -0.2) is 9.97 Å². The highest BCUT2D eigenvalue weighted by Gasteiger charge is 2.52. The number of halogens is 1. The average Bonchev–Trinajstić information content (AvgIpc) is 2.99. The second-order valence-corrected chi connectivity index (χ2v) is 7.12. The Labute approximate surface area is 157 Å². The maximum Gasteiger partial charge on any atom is 0.257 e. The molecule has 1 aromatic carbocycles. The Morgan fingerprint density at radius 1 is 1.42 bits per heavy atom. The predicted molar refractivity (Wildman–Crippen MR) is 96.4 cm³/mol. The van der Waals surface area contributed by atoms with E-state index in [2.05, 4.69) is 16.9 Å². The van der Waals surface area contributed by atoms with Crippen LogP contribution in [0.1, 0.15) is 40.8 Å². The molecule has 7 heteroatoms. The summed E-state index contributed by atoms with van der Waals surface area (Å²) in [5.41, 5.74) is 1.92. The van der Waals surface area contributed by atoms with Gasteiger partial charge in [-0.05, 0) is 24.6 Å². The van der Waals surface area contributed by atoms with Gasteiger partial charge >= 0.3 is 0 Å². The maximum atomic E-state index is 12.9. The summed E-state index contributed by atoms with van der Waals surface area (Å²) in [5, 5.41) is 0.503. The van der Waals surface area contributed by atoms with Crippen molar-refractivity contribution < 1.29 is 14.3 Å². The zero-order valence-electron chi connectivity index (χ0n) is 14.8. The normalized spacial score (nSPS) is 17.1. The molecule has 1 saturated heterocycles. The van der Waals surface area contributed by atoms with Crippen LogP contribution in [0.4, 0.5) is 0 Å². The van der Waals surface area contributed by atoms with Crippen molar-refractivity contribution in [1.29, 1.82) is 0 Å². The van der Waals surface area contributed by atoms with Gasteiger partial charge in [-0.15, -0.1) is 0 Å². The highest BCUT2D eigenvalue weighted by atomic mass is 35.5. The zero-order valence-corrected chi connectivity index (χ0v) is 15.5. The summed E-state index contributed by atoms with van der Waals surface area (Å²) in [5.74, 6) is 1.25. The molecule has 136 valence electrons. The summed E-state index contributed by atoms with van der Waals surface area (Å²) >= 11 is 6.04. The molecule has 1 aromatic heterocycles. The Morgan fingerprint density at radius 2 is 2.23 bits per heavy atom. The van der Waals surface area contributed by atoms with Crippen molar-refractivity contribution in [2.45, 2.75) is 32.0 Å². The molecule has 0 unspecified atom stereocenters. The molecule has 6 nitrogen and oxygen atoms in total. The Kier molecular flexibility index (Phi) is 4.32. The standard InChI is InChI=1S/C19H20ClN3O3/c1-3-4-17-21-8-14-15(22-17)9-26-19(14)10-23(11-19)18(24)13-7-12(20)5-6-16(13)25-2/h5-8H,3-4,9-11H2,1-2H3. The van der Waals surface area contributed by atoms with Gasteiger partial charge in [0.1, 0.15) is 17.2 Å². The van der Waals surface area contributed by atoms with Crippen molar-refractivity contribution in [1.82, 2.24) is 14.9 Å². The van der Waals surface area contributed by atoms with Crippen LogP contribution in [0.25, 0.3) is 0 Å². The Morgan fingerprint density at radius 3 is 2.96 bits per heavy atom. The topological polar surface area (TPSA) is 64.6 Å². The number of carbonyl (C=O) groups excluding carboxylic acids is 1. The van der Waals surface area contributed by atoms with E-state index < -0.39 is 5.60 Å². The number of ether oxygens (including phenoxy) is 2. The minimum absolute atomic E-state index is 0.115. The highest BCUT2D eigenvalue weighted by molar-refractivity contribution is 6.31. The molecule has 0 aliphatic carbocycles. The monoisotopic (exact) mass is 373 g/mol. The van der Waals surface area contributed by atoms with Crippen LogP contribution in [0.5, 0.6) is 5.75 Å². The van der Waals surface area contributed by atoms with Gasteiger partial charge in [0.05, 0.1) is 38.1 Å². The highest BCUT2D eigenvalue weighted by Crippen LogP contribution is 2.43. The number of hydrogen-bond acceptors (Lipinski definition) is 5. The van der Waals surface area contributed by atoms with Gasteiger partial charge in [0.2, 0.25) is 0 Å². The van der Waals surface area contributed by atoms with Crippen molar-refractivity contribution in [3.63, 3.8) is 0 Å². The van der Waals surface area contributed by atoms with Gasteiger partial charge in [-0.3, -0.25) is 4.79 Å². The van der Waals surface area contributed by atoms with E-state index in [1.54, 1.807) is 30.2 Å². The Balaban J connectivity index is 1.53. The van der Waals surface area contributed by atoms with E-state index in [0.29, 0.717) is 36.0 Å². The summed E-state index contributed by atoms with van der Waals surface area (Å²) in [6.45, 7) is 3.53. The summed E-state index contributed by atoms with van der Waals surface area (Å²) < 4.78 is 11.3. The molecule has 26 heavy (non-hydrogen) atoms. The van der Waals surface area contributed by atoms with E-state index in [0.717, 1.165) is 29.9 Å². The van der Waals surface area contributed by atoms with Crippen LogP contribution in [0.2, 0.25) is 5.02 Å². The van der Waals surface area contributed by atoms with Gasteiger partial charge in [-0.2, -0.15) is 0 Å². The van der Waals surface area contributed by atoms with E-state index in [-0.39, 0.29) is 5.91 Å². The van der Waals surface area contributed by atoms with Crippen LogP contribution in [-0.2, 0) is 23.4 Å². The second kappa shape index (κ2) is 6.52. The van der Waals surface area contributed by atoms with Crippen molar-refractivity contribution in [2.75, 3.05) is 20.2 Å². The van der Waals surface area contributed by atoms with Gasteiger partial charge in [0.25, 0.3) is 5.91 Å². The molecular formula is C19H20ClN3O3. The molecule has 1 amide bonds. The lowest BCUT2D eigenvalue weighted by Crippen LogP contribution is -2.61. The molecule has 1 spiro atoms. The van der Waals surface area contributed by atoms with Crippen molar-refractivity contribution in [3.8, 4) is 5.75 Å². The number of methoxy groups -OCH3 is 1. The quantitative estimate of drug-likeness (QED) is 0.824. The van der Waals surface area contributed by atoms with Gasteiger partial charge in [0, 0.05) is 23.2 Å². The third-order valence-corrected chi connectivity index (χ3v) is 5.17. The molecule has 0 N–H and O–H groups in total. The van der Waals surface area contributed by atoms with Crippen LogP contribution < -0.4 is 4.74 Å². The molecule has 1 fully saturated rings. The Hall–Kier alpha value is -2.18. The molecule has 0 bridgehead atoms. The molecule has 0 saturated carbocycles. The molecule has 0 atom stereocenters. The average molecular weight is 374 g/mol. The van der Waals surface area contributed by atoms with Crippen molar-refractivity contribution >= 4 is 17.5 Å². The van der Waals surface area contributed by atoms with E-state index in [1.165, 1.54) is 0 Å². The summed E-state index contributed by atoms with van der Waals surface area (Å²) in [7, 11) is 1.54. The van der Waals surface area contributed by atoms with Crippen LogP contribution in [0.15, 0.2) is 24.4 Å². The number of hydrogen-bond donors (Lipinski definition) is 0. The lowest BCUT2D eigenvalue weighted by molar-refractivity contribution is -0.126. The van der Waals surface area contributed by atoms with Crippen LogP contribution in [-0.4, -0.2) is 41.0 Å². The minimum Gasteiger partial charge on any atom is -0.496 e. The SMILES string of the molecule is CCCc1ncc2c(n1)COC21CN(C(=O)c2cc(Cl)ccc2OC)C1. The third-order valence-electron chi connectivity index (χ3n) is 4.94. The fourth-order valence-corrected chi connectivity index (χ4v) is 3.74.